The van der Waals surface area contributed by atoms with Crippen LogP contribution in [0.5, 0.6) is 0 Å². The van der Waals surface area contributed by atoms with Crippen molar-refractivity contribution in [3.8, 4) is 0 Å². The smallest absolute Gasteiger partial charge is 0.328 e. The molecule has 0 aliphatic rings. The van der Waals surface area contributed by atoms with E-state index in [1.807, 2.05) is 0 Å². The zero-order valence-electron chi connectivity index (χ0n) is 13.0. The van der Waals surface area contributed by atoms with Crippen LogP contribution in [0.1, 0.15) is 90.4 Å². The molecule has 122 valence electrons. The maximum atomic E-state index is 12.0. The van der Waals surface area contributed by atoms with Crippen molar-refractivity contribution in [2.45, 2.75) is 103 Å². The van der Waals surface area contributed by atoms with E-state index < -0.39 is 12.6 Å². The van der Waals surface area contributed by atoms with Gasteiger partial charge in [-0.15, -0.1) is 0 Å². The third kappa shape index (κ3) is 15.8. The zero-order valence-corrected chi connectivity index (χ0v) is 13.0. The maximum absolute atomic E-state index is 12.0. The Labute approximate surface area is 122 Å². The van der Waals surface area contributed by atoms with Gasteiger partial charge in [0, 0.05) is 12.5 Å². The minimum atomic E-state index is -4.06. The van der Waals surface area contributed by atoms with Crippen LogP contribution in [0.3, 0.4) is 0 Å². The van der Waals surface area contributed by atoms with Gasteiger partial charge in [-0.1, -0.05) is 71.1 Å². The van der Waals surface area contributed by atoms with Crippen LogP contribution in [-0.2, 0) is 0 Å². The highest BCUT2D eigenvalue weighted by molar-refractivity contribution is 4.64. The lowest BCUT2D eigenvalue weighted by atomic mass is 10.0. The van der Waals surface area contributed by atoms with E-state index in [9.17, 15) is 13.2 Å². The molecule has 0 fully saturated rings. The lowest BCUT2D eigenvalue weighted by Crippen LogP contribution is -2.22. The summed E-state index contributed by atoms with van der Waals surface area (Å²) in [6, 6.07) is -0.286. The molecule has 0 aromatic heterocycles. The van der Waals surface area contributed by atoms with E-state index in [1.54, 1.807) is 0 Å². The second-order valence-corrected chi connectivity index (χ2v) is 5.88. The van der Waals surface area contributed by atoms with Crippen LogP contribution in [0.4, 0.5) is 13.2 Å². The van der Waals surface area contributed by atoms with Gasteiger partial charge in [0.05, 0.1) is 0 Å². The first kappa shape index (κ1) is 19.8. The van der Waals surface area contributed by atoms with E-state index in [4.69, 9.17) is 5.73 Å². The molecule has 0 aliphatic carbocycles. The van der Waals surface area contributed by atoms with E-state index in [0.717, 1.165) is 19.3 Å². The van der Waals surface area contributed by atoms with E-state index in [-0.39, 0.29) is 12.5 Å². The molecule has 0 saturated heterocycles. The van der Waals surface area contributed by atoms with E-state index in [2.05, 4.69) is 6.92 Å². The van der Waals surface area contributed by atoms with Crippen molar-refractivity contribution in [3.63, 3.8) is 0 Å². The van der Waals surface area contributed by atoms with E-state index >= 15 is 0 Å². The van der Waals surface area contributed by atoms with Crippen LogP contribution in [0, 0.1) is 0 Å². The lowest BCUT2D eigenvalue weighted by molar-refractivity contribution is -0.136. The third-order valence-corrected chi connectivity index (χ3v) is 3.73. The van der Waals surface area contributed by atoms with Gasteiger partial charge in [0.15, 0.2) is 0 Å². The summed E-state index contributed by atoms with van der Waals surface area (Å²) in [6.45, 7) is 2.22. The molecular weight excluding hydrogens is 263 g/mol. The van der Waals surface area contributed by atoms with Crippen molar-refractivity contribution < 1.29 is 13.2 Å². The van der Waals surface area contributed by atoms with Crippen LogP contribution in [0.15, 0.2) is 0 Å². The molecule has 0 aromatic carbocycles. The normalized spacial score (nSPS) is 13.7. The molecule has 0 aliphatic heterocycles. The van der Waals surface area contributed by atoms with Crippen molar-refractivity contribution >= 4 is 0 Å². The quantitative estimate of drug-likeness (QED) is 0.416. The molecule has 1 nitrogen and oxygen atoms in total. The minimum absolute atomic E-state index is 0.0704. The fourth-order valence-electron chi connectivity index (χ4n) is 2.39. The van der Waals surface area contributed by atoms with Gasteiger partial charge in [-0.05, 0) is 12.8 Å². The predicted octanol–water partition coefficient (Wildman–Crippen LogP) is 5.97. The molecule has 1 atom stereocenters. The standard InChI is InChI=1S/C16H32F3N/c1-2-3-4-5-6-7-8-9-10-11-12-15(20)13-14-16(17,18)19/h15H,2-14,20H2,1H3. The average Bonchev–Trinajstić information content (AvgIpc) is 2.38. The van der Waals surface area contributed by atoms with Crippen LogP contribution in [-0.4, -0.2) is 12.2 Å². The minimum Gasteiger partial charge on any atom is -0.328 e. The van der Waals surface area contributed by atoms with Crippen molar-refractivity contribution in [2.24, 2.45) is 5.73 Å². The van der Waals surface area contributed by atoms with Crippen molar-refractivity contribution in [3.05, 3.63) is 0 Å². The monoisotopic (exact) mass is 295 g/mol. The molecule has 20 heavy (non-hydrogen) atoms. The molecule has 1 unspecified atom stereocenters. The maximum Gasteiger partial charge on any atom is 0.389 e. The summed E-state index contributed by atoms with van der Waals surface area (Å²) in [7, 11) is 0. The Morgan fingerprint density at radius 3 is 1.65 bits per heavy atom. The number of hydrogen-bond acceptors (Lipinski definition) is 1. The molecule has 0 rings (SSSR count). The fourth-order valence-corrected chi connectivity index (χ4v) is 2.39. The Kier molecular flexibility index (Phi) is 12.3. The number of unbranched alkanes of at least 4 members (excludes halogenated alkanes) is 9. The molecule has 4 heteroatoms. The van der Waals surface area contributed by atoms with Crippen molar-refractivity contribution in [2.75, 3.05) is 0 Å². The molecule has 0 bridgehead atoms. The van der Waals surface area contributed by atoms with Gasteiger partial charge >= 0.3 is 6.18 Å². The molecule has 0 aromatic rings. The highest BCUT2D eigenvalue weighted by Crippen LogP contribution is 2.23. The predicted molar refractivity (Wildman–Crippen MR) is 79.7 cm³/mol. The Morgan fingerprint density at radius 2 is 1.20 bits per heavy atom. The zero-order chi connectivity index (χ0) is 15.3. The average molecular weight is 295 g/mol. The first-order valence-electron chi connectivity index (χ1n) is 8.28. The molecule has 0 spiro atoms. The van der Waals surface area contributed by atoms with Gasteiger partial charge in [-0.2, -0.15) is 13.2 Å². The molecule has 0 saturated carbocycles. The number of hydrogen-bond donors (Lipinski definition) is 1. The molecule has 0 heterocycles. The summed E-state index contributed by atoms with van der Waals surface area (Å²) in [5.41, 5.74) is 5.69. The molecule has 0 radical (unpaired) electrons. The SMILES string of the molecule is CCCCCCCCCCCCC(N)CCC(F)(F)F. The first-order valence-corrected chi connectivity index (χ1v) is 8.28. The van der Waals surface area contributed by atoms with Crippen molar-refractivity contribution in [1.82, 2.24) is 0 Å². The van der Waals surface area contributed by atoms with Gasteiger partial charge in [0.25, 0.3) is 0 Å². The Balaban J connectivity index is 3.19. The third-order valence-electron chi connectivity index (χ3n) is 3.73. The van der Waals surface area contributed by atoms with E-state index in [1.165, 1.54) is 51.4 Å². The Bertz CT molecular complexity index is 204. The van der Waals surface area contributed by atoms with Crippen LogP contribution in [0.25, 0.3) is 0 Å². The largest absolute Gasteiger partial charge is 0.389 e. The fraction of sp³-hybridized carbons (Fsp3) is 1.00. The van der Waals surface area contributed by atoms with Gasteiger partial charge in [0.2, 0.25) is 0 Å². The highest BCUT2D eigenvalue weighted by atomic mass is 19.4. The first-order chi connectivity index (χ1) is 9.45. The highest BCUT2D eigenvalue weighted by Gasteiger charge is 2.27. The van der Waals surface area contributed by atoms with Crippen molar-refractivity contribution in [1.29, 1.82) is 0 Å². The van der Waals surface area contributed by atoms with E-state index in [0.29, 0.717) is 0 Å². The van der Waals surface area contributed by atoms with Gasteiger partial charge < -0.3 is 5.73 Å². The van der Waals surface area contributed by atoms with Crippen LogP contribution < -0.4 is 5.73 Å². The molecular formula is C16H32F3N. The summed E-state index contributed by atoms with van der Waals surface area (Å²) in [5, 5.41) is 0. The van der Waals surface area contributed by atoms with Crippen LogP contribution in [0.2, 0.25) is 0 Å². The second kappa shape index (κ2) is 12.5. The second-order valence-electron chi connectivity index (χ2n) is 5.88. The lowest BCUT2D eigenvalue weighted by Gasteiger charge is -2.12. The van der Waals surface area contributed by atoms with Gasteiger partial charge in [-0.3, -0.25) is 0 Å². The summed E-state index contributed by atoms with van der Waals surface area (Å²) in [5.74, 6) is 0. The summed E-state index contributed by atoms with van der Waals surface area (Å²) < 4.78 is 36.0. The van der Waals surface area contributed by atoms with Gasteiger partial charge in [-0.25, -0.2) is 0 Å². The number of alkyl halides is 3. The summed E-state index contributed by atoms with van der Waals surface area (Å²) >= 11 is 0. The number of nitrogens with two attached hydrogens (primary N) is 1. The molecule has 0 amide bonds. The van der Waals surface area contributed by atoms with Crippen LogP contribution >= 0.6 is 0 Å². The topological polar surface area (TPSA) is 26.0 Å². The van der Waals surface area contributed by atoms with Gasteiger partial charge in [0.1, 0.15) is 0 Å². The summed E-state index contributed by atoms with van der Waals surface area (Å²) in [6.07, 6.45) is 8.46. The number of rotatable bonds is 13. The Morgan fingerprint density at radius 1 is 0.750 bits per heavy atom. The molecule has 2 N–H and O–H groups in total. The Hall–Kier alpha value is -0.250. The summed E-state index contributed by atoms with van der Waals surface area (Å²) in [4.78, 5) is 0. The number of halogens is 3.